The van der Waals surface area contributed by atoms with Crippen LogP contribution in [0.15, 0.2) is 0 Å². The molecule has 0 N–H and O–H groups in total. The summed E-state index contributed by atoms with van der Waals surface area (Å²) in [5, 5.41) is 0. The van der Waals surface area contributed by atoms with E-state index >= 15 is 0 Å². The fraction of sp³-hybridized carbons (Fsp3) is 0. The van der Waals surface area contributed by atoms with E-state index in [0.29, 0.717) is 0 Å². The van der Waals surface area contributed by atoms with E-state index in [0.717, 1.165) is 6.07 Å². The first-order valence-electron chi connectivity index (χ1n) is 2.44. The number of benzene rings is 1. The minimum absolute atomic E-state index is 0. The van der Waals surface area contributed by atoms with E-state index in [1.54, 1.807) is 0 Å². The van der Waals surface area contributed by atoms with Gasteiger partial charge in [-0.15, -0.1) is 6.07 Å². The zero-order valence-corrected chi connectivity index (χ0v) is 7.62. The molecule has 0 aliphatic carbocycles. The van der Waals surface area contributed by atoms with Gasteiger partial charge in [0, 0.05) is 20.1 Å². The Bertz CT molecular complexity index is 272. The number of rotatable bonds is 0. The van der Waals surface area contributed by atoms with E-state index in [4.69, 9.17) is 0 Å². The average molecular weight is 359 g/mol. The van der Waals surface area contributed by atoms with Gasteiger partial charge >= 0.3 is 0 Å². The Kier molecular flexibility index (Phi) is 3.80. The summed E-state index contributed by atoms with van der Waals surface area (Å²) < 4.78 is 59.9. The zero-order chi connectivity index (χ0) is 8.59. The Morgan fingerprint density at radius 2 is 1.00 bits per heavy atom. The molecular weight excluding hydrogens is 359 g/mol. The molecule has 1 radical (unpaired) electrons. The summed E-state index contributed by atoms with van der Waals surface area (Å²) in [5.74, 6) is -10.0. The maximum Gasteiger partial charge on any atom is 0.0893 e. The molecule has 0 saturated heterocycles. The van der Waals surface area contributed by atoms with Gasteiger partial charge in [-0.2, -0.15) is 0 Å². The Balaban J connectivity index is 0.00000121. The van der Waals surface area contributed by atoms with Gasteiger partial charge in [-0.05, 0) is 0 Å². The van der Waals surface area contributed by atoms with Crippen LogP contribution in [0.1, 0.15) is 0 Å². The summed E-state index contributed by atoms with van der Waals surface area (Å²) in [6.45, 7) is 0. The third kappa shape index (κ3) is 1.81. The van der Waals surface area contributed by atoms with Crippen molar-refractivity contribution in [1.29, 1.82) is 0 Å². The van der Waals surface area contributed by atoms with Crippen molar-refractivity contribution in [2.75, 3.05) is 0 Å². The number of hydrogen-bond acceptors (Lipinski definition) is 0. The summed E-state index contributed by atoms with van der Waals surface area (Å²) in [5.41, 5.74) is 0. The molecule has 1 aromatic carbocycles. The average Bonchev–Trinajstić information content (AvgIpc) is 1.97. The van der Waals surface area contributed by atoms with Gasteiger partial charge in [-0.3, -0.25) is 8.78 Å². The summed E-state index contributed by atoms with van der Waals surface area (Å²) in [6, 6.07) is 1.02. The molecule has 0 nitrogen and oxygen atoms in total. The van der Waals surface area contributed by atoms with Crippen molar-refractivity contribution in [3.8, 4) is 0 Å². The summed E-state index contributed by atoms with van der Waals surface area (Å²) >= 11 is 0. The third-order valence-electron chi connectivity index (χ3n) is 0.990. The van der Waals surface area contributed by atoms with E-state index < -0.39 is 29.1 Å². The molecule has 1 aromatic rings. The van der Waals surface area contributed by atoms with E-state index in [9.17, 15) is 22.0 Å². The van der Waals surface area contributed by atoms with Crippen LogP contribution < -0.4 is 0 Å². The van der Waals surface area contributed by atoms with Crippen molar-refractivity contribution in [3.05, 3.63) is 35.2 Å². The van der Waals surface area contributed by atoms with Gasteiger partial charge < -0.3 is 0 Å². The van der Waals surface area contributed by atoms with Gasteiger partial charge in [0.05, 0.1) is 29.1 Å². The second-order valence-corrected chi connectivity index (χ2v) is 1.69. The molecule has 0 fully saturated rings. The summed E-state index contributed by atoms with van der Waals surface area (Å²) in [7, 11) is 0. The molecule has 69 valence electrons. The molecule has 0 unspecified atom stereocenters. The van der Waals surface area contributed by atoms with Crippen LogP contribution in [0.2, 0.25) is 0 Å². The van der Waals surface area contributed by atoms with E-state index in [2.05, 4.69) is 0 Å². The predicted molar refractivity (Wildman–Crippen MR) is 25.1 cm³/mol. The monoisotopic (exact) mass is 360 g/mol. The van der Waals surface area contributed by atoms with Gasteiger partial charge in [0.25, 0.3) is 0 Å². The first-order chi connectivity index (χ1) is 5.04. The van der Waals surface area contributed by atoms with Gasteiger partial charge in [0.2, 0.25) is 0 Å². The van der Waals surface area contributed by atoms with Crippen LogP contribution in [0.3, 0.4) is 0 Å². The largest absolute Gasteiger partial charge is 0.278 e. The second-order valence-electron chi connectivity index (χ2n) is 1.69. The second kappa shape index (κ2) is 3.96. The molecule has 6 heteroatoms. The smallest absolute Gasteiger partial charge is 0.0893 e. The maximum atomic E-state index is 12.0. The number of hydrogen-bond donors (Lipinski definition) is 0. The molecule has 0 amide bonds. The predicted octanol–water partition coefficient (Wildman–Crippen LogP) is 2.18. The summed E-state index contributed by atoms with van der Waals surface area (Å²) in [4.78, 5) is 0. The van der Waals surface area contributed by atoms with E-state index in [1.807, 2.05) is 0 Å². The summed E-state index contributed by atoms with van der Waals surface area (Å²) in [6.07, 6.45) is 0. The Labute approximate surface area is 77.7 Å². The molecule has 1 rings (SSSR count). The van der Waals surface area contributed by atoms with Crippen LogP contribution in [0.5, 0.6) is 0 Å². The van der Waals surface area contributed by atoms with Crippen molar-refractivity contribution in [1.82, 2.24) is 0 Å². The van der Waals surface area contributed by atoms with Crippen molar-refractivity contribution in [2.24, 2.45) is 0 Å². The van der Waals surface area contributed by atoms with Crippen LogP contribution in [0.25, 0.3) is 0 Å². The standard InChI is InChI=1S/C6F5.Ir/c7-2-1-3(8)5(10)6(11)4(2)9;/q-1;. The Hall–Kier alpha value is -0.481. The van der Waals surface area contributed by atoms with Gasteiger partial charge in [-0.1, -0.05) is 0 Å². The van der Waals surface area contributed by atoms with Crippen molar-refractivity contribution in [2.45, 2.75) is 0 Å². The van der Waals surface area contributed by atoms with Crippen LogP contribution in [-0.2, 0) is 20.1 Å². The minimum atomic E-state index is -2.17. The molecule has 0 spiro atoms. The molecule has 0 saturated carbocycles. The topological polar surface area (TPSA) is 0 Å². The molecule has 0 aliphatic heterocycles. The van der Waals surface area contributed by atoms with Gasteiger partial charge in [0.1, 0.15) is 0 Å². The molecule has 0 heterocycles. The third-order valence-corrected chi connectivity index (χ3v) is 0.990. The Morgan fingerprint density at radius 1 is 0.667 bits per heavy atom. The zero-order valence-electron chi connectivity index (χ0n) is 5.22. The van der Waals surface area contributed by atoms with Crippen molar-refractivity contribution >= 4 is 0 Å². The van der Waals surface area contributed by atoms with Gasteiger partial charge in [0.15, 0.2) is 0 Å². The molecule has 0 bridgehead atoms. The fourth-order valence-electron chi connectivity index (χ4n) is 0.495. The molecule has 0 aliphatic rings. The van der Waals surface area contributed by atoms with E-state index in [1.165, 1.54) is 0 Å². The SMILES string of the molecule is Fc1[c-]c(F)c(F)c(F)c1F.[Ir]. The number of halogens is 5. The maximum absolute atomic E-state index is 12.0. The normalized spacial score (nSPS) is 9.42. The van der Waals surface area contributed by atoms with Crippen LogP contribution >= 0.6 is 0 Å². The quantitative estimate of drug-likeness (QED) is 0.288. The van der Waals surface area contributed by atoms with E-state index in [-0.39, 0.29) is 20.1 Å². The van der Waals surface area contributed by atoms with Crippen LogP contribution in [0, 0.1) is 35.2 Å². The van der Waals surface area contributed by atoms with Crippen molar-refractivity contribution in [3.63, 3.8) is 0 Å². The first-order valence-corrected chi connectivity index (χ1v) is 2.44. The molecule has 12 heavy (non-hydrogen) atoms. The molecule has 0 atom stereocenters. The van der Waals surface area contributed by atoms with Crippen molar-refractivity contribution < 1.29 is 42.1 Å². The first kappa shape index (κ1) is 11.5. The molecular formula is C6F5Ir-. The van der Waals surface area contributed by atoms with Crippen LogP contribution in [-0.4, -0.2) is 0 Å². The van der Waals surface area contributed by atoms with Crippen LogP contribution in [0.4, 0.5) is 22.0 Å². The fourth-order valence-corrected chi connectivity index (χ4v) is 0.495. The van der Waals surface area contributed by atoms with Gasteiger partial charge in [-0.25, -0.2) is 13.2 Å². The molecule has 0 aromatic heterocycles. The minimum Gasteiger partial charge on any atom is -0.278 e. The Morgan fingerprint density at radius 3 is 1.33 bits per heavy atom.